The summed E-state index contributed by atoms with van der Waals surface area (Å²) in [5.41, 5.74) is -3.06. The fraction of sp³-hybridized carbons (Fsp3) is 0.185. The van der Waals surface area contributed by atoms with Crippen LogP contribution in [-0.4, -0.2) is 45.8 Å². The molecule has 7 nitrogen and oxygen atoms in total. The number of imide groups is 1. The highest BCUT2D eigenvalue weighted by molar-refractivity contribution is 8.00. The quantitative estimate of drug-likeness (QED) is 0.0952. The molecular formula is C27H18F6N3O4S2+. The topological polar surface area (TPSA) is 76.6 Å². The summed E-state index contributed by atoms with van der Waals surface area (Å²) in [6.07, 6.45) is -2.37. The maximum atomic E-state index is 13.7. The first-order valence-corrected chi connectivity index (χ1v) is 13.7. The number of halogens is 6. The number of fused-ring (bicyclic) bond motifs is 1. The lowest BCUT2D eigenvalue weighted by Crippen LogP contribution is -2.53. The third-order valence-electron chi connectivity index (χ3n) is 6.37. The van der Waals surface area contributed by atoms with Crippen LogP contribution in [0.1, 0.15) is 16.7 Å². The second-order valence-electron chi connectivity index (χ2n) is 9.21. The lowest BCUT2D eigenvalue weighted by atomic mass is 10.0. The van der Waals surface area contributed by atoms with Gasteiger partial charge in [0.2, 0.25) is 6.54 Å². The standard InChI is InChI=1S/C27H18F6N3O4S2/c28-26(29,30)24(38)40-36(14-23(37)35(25(36)39)19-5-7-20(8-6-19)42-27(31,32)33)13-16-9-10-34-12-17(16)11-18-15-41-22-4-2-1-3-21(18)22/h1-10,12,15H,11,13-14H2/q+1. The Hall–Kier alpha value is -3.95. The van der Waals surface area contributed by atoms with Gasteiger partial charge in [0.25, 0.3) is 5.91 Å². The van der Waals surface area contributed by atoms with Crippen molar-refractivity contribution in [2.24, 2.45) is 0 Å². The Labute approximate surface area is 241 Å². The number of nitrogens with zero attached hydrogens (tertiary/aromatic N) is 3. The molecule has 1 aliphatic rings. The predicted molar refractivity (Wildman–Crippen MR) is 141 cm³/mol. The molecule has 1 atom stereocenters. The summed E-state index contributed by atoms with van der Waals surface area (Å²) in [5, 5.41) is 2.87. The van der Waals surface area contributed by atoms with Gasteiger partial charge in [-0.1, -0.05) is 18.2 Å². The molecule has 0 aliphatic carbocycles. The van der Waals surface area contributed by atoms with Gasteiger partial charge in [-0.25, -0.2) is 9.59 Å². The van der Waals surface area contributed by atoms with Gasteiger partial charge in [0.1, 0.15) is 0 Å². The minimum Gasteiger partial charge on any atom is -0.267 e. The van der Waals surface area contributed by atoms with Crippen molar-refractivity contribution in [1.29, 1.82) is 0 Å². The number of alkyl halides is 6. The van der Waals surface area contributed by atoms with E-state index in [1.807, 2.05) is 29.6 Å². The molecule has 3 heterocycles. The van der Waals surface area contributed by atoms with E-state index in [0.717, 1.165) is 39.9 Å². The molecule has 15 heteroatoms. The Bertz CT molecular complexity index is 1670. The van der Waals surface area contributed by atoms with Crippen molar-refractivity contribution in [2.75, 3.05) is 11.4 Å². The Balaban J connectivity index is 1.50. The summed E-state index contributed by atoms with van der Waals surface area (Å²) in [7, 11) is 0. The molecule has 0 spiro atoms. The summed E-state index contributed by atoms with van der Waals surface area (Å²) in [4.78, 5) is 47.8. The largest absolute Gasteiger partial charge is 0.497 e. The second-order valence-corrected chi connectivity index (χ2v) is 11.3. The first-order valence-electron chi connectivity index (χ1n) is 12.0. The van der Waals surface area contributed by atoms with Crippen molar-refractivity contribution >= 4 is 56.8 Å². The van der Waals surface area contributed by atoms with Gasteiger partial charge in [0.05, 0.1) is 5.69 Å². The number of thioether (sulfide) groups is 1. The first kappa shape index (κ1) is 29.5. The Morgan fingerprint density at radius 3 is 2.38 bits per heavy atom. The van der Waals surface area contributed by atoms with Crippen molar-refractivity contribution < 1.29 is 50.2 Å². The van der Waals surface area contributed by atoms with Crippen LogP contribution in [0.2, 0.25) is 0 Å². The van der Waals surface area contributed by atoms with E-state index in [4.69, 9.17) is 4.84 Å². The maximum Gasteiger partial charge on any atom is 0.497 e. The highest BCUT2D eigenvalue weighted by Gasteiger charge is 2.60. The van der Waals surface area contributed by atoms with Gasteiger partial charge in [-0.05, 0) is 74.7 Å². The van der Waals surface area contributed by atoms with Crippen molar-refractivity contribution in [3.63, 3.8) is 0 Å². The van der Waals surface area contributed by atoms with Crippen molar-refractivity contribution in [3.05, 3.63) is 89.1 Å². The zero-order valence-corrected chi connectivity index (χ0v) is 22.7. The van der Waals surface area contributed by atoms with Gasteiger partial charge in [-0.3, -0.25) is 14.6 Å². The molecule has 0 saturated carbocycles. The molecule has 4 aromatic rings. The van der Waals surface area contributed by atoms with E-state index in [9.17, 15) is 40.7 Å². The number of amides is 3. The van der Waals surface area contributed by atoms with Crippen LogP contribution < -0.4 is 4.90 Å². The molecule has 42 heavy (non-hydrogen) atoms. The molecule has 1 unspecified atom stereocenters. The van der Waals surface area contributed by atoms with Gasteiger partial charge in [0, 0.05) is 34.0 Å². The van der Waals surface area contributed by atoms with E-state index in [2.05, 4.69) is 4.98 Å². The van der Waals surface area contributed by atoms with E-state index >= 15 is 0 Å². The highest BCUT2D eigenvalue weighted by Crippen LogP contribution is 2.39. The summed E-state index contributed by atoms with van der Waals surface area (Å²) in [6.45, 7) is -1.60. The van der Waals surface area contributed by atoms with Crippen LogP contribution in [0.25, 0.3) is 10.1 Å². The number of urea groups is 1. The maximum absolute atomic E-state index is 13.7. The summed E-state index contributed by atoms with van der Waals surface area (Å²) in [6, 6.07) is 11.8. The third-order valence-corrected chi connectivity index (χ3v) is 8.12. The van der Waals surface area contributed by atoms with Gasteiger partial charge < -0.3 is 0 Å². The zero-order chi connectivity index (χ0) is 30.3. The fourth-order valence-electron chi connectivity index (χ4n) is 4.55. The summed E-state index contributed by atoms with van der Waals surface area (Å²) >= 11 is 1.07. The van der Waals surface area contributed by atoms with Crippen LogP contribution in [0.3, 0.4) is 0 Å². The van der Waals surface area contributed by atoms with Crippen LogP contribution >= 0.6 is 23.1 Å². The smallest absolute Gasteiger partial charge is 0.267 e. The van der Waals surface area contributed by atoms with E-state index in [1.165, 1.54) is 29.8 Å². The number of carbonyl (C=O) groups is 3. The fourth-order valence-corrected chi connectivity index (χ4v) is 6.06. The van der Waals surface area contributed by atoms with Crippen LogP contribution in [0.4, 0.5) is 36.8 Å². The van der Waals surface area contributed by atoms with Gasteiger partial charge in [0.15, 0.2) is 6.54 Å². The summed E-state index contributed by atoms with van der Waals surface area (Å²) in [5.74, 6) is -3.69. The number of hydrogen-bond donors (Lipinski definition) is 0. The molecule has 218 valence electrons. The number of thiophene rings is 1. The summed E-state index contributed by atoms with van der Waals surface area (Å²) < 4.78 is 77.5. The average Bonchev–Trinajstić information content (AvgIpc) is 3.42. The predicted octanol–water partition coefficient (Wildman–Crippen LogP) is 7.00. The number of carbonyl (C=O) groups excluding carboxylic acids is 3. The molecule has 1 aliphatic heterocycles. The van der Waals surface area contributed by atoms with Crippen molar-refractivity contribution in [2.45, 2.75) is 29.5 Å². The van der Waals surface area contributed by atoms with Crippen LogP contribution in [0.15, 0.2) is 77.3 Å². The highest BCUT2D eigenvalue weighted by atomic mass is 32.2. The number of anilines is 1. The minimum absolute atomic E-state index is 0.195. The first-order chi connectivity index (χ1) is 19.8. The number of benzene rings is 2. The molecule has 0 bridgehead atoms. The molecule has 1 fully saturated rings. The molecule has 3 amide bonds. The molecular weight excluding hydrogens is 608 g/mol. The SMILES string of the molecule is O=C1C[N+](Cc2ccncc2Cc2csc3ccccc23)(OC(=O)C(F)(F)F)C(=O)N1c1ccc(SC(F)(F)F)cc1. The number of pyridine rings is 1. The molecule has 1 saturated heterocycles. The van der Waals surface area contributed by atoms with Crippen molar-refractivity contribution in [3.8, 4) is 0 Å². The zero-order valence-electron chi connectivity index (χ0n) is 21.1. The molecule has 5 rings (SSSR count). The van der Waals surface area contributed by atoms with E-state index in [-0.39, 0.29) is 17.0 Å². The molecule has 2 aromatic carbocycles. The molecule has 0 radical (unpaired) electrons. The number of quaternary nitrogens is 1. The number of hydrogen-bond acceptors (Lipinski definition) is 7. The lowest BCUT2D eigenvalue weighted by Gasteiger charge is -2.27. The molecule has 2 aromatic heterocycles. The lowest BCUT2D eigenvalue weighted by molar-refractivity contribution is -1.02. The van der Waals surface area contributed by atoms with E-state index < -0.39 is 59.1 Å². The van der Waals surface area contributed by atoms with Gasteiger partial charge >= 0.3 is 23.7 Å². The minimum atomic E-state index is -5.48. The molecule has 0 N–H and O–H groups in total. The van der Waals surface area contributed by atoms with Crippen LogP contribution in [-0.2, 0) is 27.4 Å². The Kier molecular flexibility index (Phi) is 7.76. The van der Waals surface area contributed by atoms with E-state index in [1.54, 1.807) is 0 Å². The second kappa shape index (κ2) is 11.0. The number of rotatable bonds is 7. The van der Waals surface area contributed by atoms with Gasteiger partial charge in [-0.15, -0.1) is 11.3 Å². The van der Waals surface area contributed by atoms with E-state index in [0.29, 0.717) is 16.0 Å². The monoisotopic (exact) mass is 626 g/mol. The van der Waals surface area contributed by atoms with Gasteiger partial charge in [-0.2, -0.15) is 31.2 Å². The van der Waals surface area contributed by atoms with Crippen molar-refractivity contribution in [1.82, 2.24) is 4.98 Å². The third kappa shape index (κ3) is 6.12. The Morgan fingerprint density at radius 2 is 1.69 bits per heavy atom. The Morgan fingerprint density at radius 1 is 0.976 bits per heavy atom. The van der Waals surface area contributed by atoms with Crippen LogP contribution in [0.5, 0.6) is 0 Å². The number of hydroxylamine groups is 3. The normalized spacial score (nSPS) is 17.7. The number of aromatic nitrogens is 1. The van der Waals surface area contributed by atoms with Crippen LogP contribution in [0, 0.1) is 0 Å². The average molecular weight is 627 g/mol.